The van der Waals surface area contributed by atoms with Crippen LogP contribution in [0.3, 0.4) is 0 Å². The molecule has 128 valence electrons. The molecule has 1 saturated heterocycles. The van der Waals surface area contributed by atoms with Gasteiger partial charge in [0, 0.05) is 26.1 Å². The summed E-state index contributed by atoms with van der Waals surface area (Å²) >= 11 is 2.71. The number of nitrogens with zero attached hydrogens (tertiary/aromatic N) is 3. The van der Waals surface area contributed by atoms with Gasteiger partial charge >= 0.3 is 0 Å². The van der Waals surface area contributed by atoms with Crippen molar-refractivity contribution in [2.45, 2.75) is 50.1 Å². The molecule has 2 rings (SSSR count). The average Bonchev–Trinajstić information content (AvgIpc) is 2.92. The molecule has 0 saturated carbocycles. The predicted octanol–water partition coefficient (Wildman–Crippen LogP) is 1.54. The van der Waals surface area contributed by atoms with Gasteiger partial charge in [0.2, 0.25) is 11.8 Å². The first kappa shape index (κ1) is 18.0. The molecule has 1 aliphatic rings. The summed E-state index contributed by atoms with van der Waals surface area (Å²) in [6.07, 6.45) is 1.67. The Hall–Kier alpha value is -1.35. The van der Waals surface area contributed by atoms with Gasteiger partial charge in [0.15, 0.2) is 4.34 Å². The lowest BCUT2D eigenvalue weighted by Crippen LogP contribution is -2.46. The Morgan fingerprint density at radius 3 is 2.70 bits per heavy atom. The normalized spacial score (nSPS) is 15.7. The van der Waals surface area contributed by atoms with Gasteiger partial charge in [0.25, 0.3) is 5.19 Å². The second kappa shape index (κ2) is 8.49. The standard InChI is InChI=1S/C14H22N4O3S2/c1-9(2)21-13-16-17-14(23-13)22-8-12(20)15-11-4-6-18(7-5-11)10(3)19/h9,11H,4-8H2,1-3H3,(H,15,20). The zero-order valence-corrected chi connectivity index (χ0v) is 15.2. The molecular formula is C14H22N4O3S2. The Labute approximate surface area is 144 Å². The number of hydrogen-bond donors (Lipinski definition) is 1. The monoisotopic (exact) mass is 358 g/mol. The van der Waals surface area contributed by atoms with Crippen molar-refractivity contribution in [3.8, 4) is 5.19 Å². The molecule has 0 aromatic carbocycles. The minimum atomic E-state index is -0.0159. The van der Waals surface area contributed by atoms with E-state index in [4.69, 9.17) is 4.74 Å². The SMILES string of the molecule is CC(=O)N1CCC(NC(=O)CSc2nnc(OC(C)C)s2)CC1. The van der Waals surface area contributed by atoms with Gasteiger partial charge in [-0.2, -0.15) is 0 Å². The third kappa shape index (κ3) is 5.98. The zero-order valence-electron chi connectivity index (χ0n) is 13.6. The fourth-order valence-electron chi connectivity index (χ4n) is 2.24. The van der Waals surface area contributed by atoms with E-state index in [0.717, 1.165) is 17.2 Å². The highest BCUT2D eigenvalue weighted by molar-refractivity contribution is 8.01. The summed E-state index contributed by atoms with van der Waals surface area (Å²) in [7, 11) is 0. The maximum atomic E-state index is 12.0. The number of aromatic nitrogens is 2. The van der Waals surface area contributed by atoms with Crippen LogP contribution < -0.4 is 10.1 Å². The van der Waals surface area contributed by atoms with Gasteiger partial charge in [0.1, 0.15) is 0 Å². The van der Waals surface area contributed by atoms with Crippen LogP contribution in [-0.4, -0.2) is 57.9 Å². The van der Waals surface area contributed by atoms with E-state index in [1.165, 1.54) is 23.1 Å². The molecule has 1 fully saturated rings. The number of amides is 2. The summed E-state index contributed by atoms with van der Waals surface area (Å²) in [5.74, 6) is 0.391. The van der Waals surface area contributed by atoms with E-state index in [-0.39, 0.29) is 24.0 Å². The molecule has 1 aliphatic heterocycles. The third-order valence-corrected chi connectivity index (χ3v) is 5.30. The molecule has 0 bridgehead atoms. The highest BCUT2D eigenvalue weighted by Gasteiger charge is 2.22. The van der Waals surface area contributed by atoms with Gasteiger partial charge in [0.05, 0.1) is 11.9 Å². The van der Waals surface area contributed by atoms with Crippen molar-refractivity contribution < 1.29 is 14.3 Å². The van der Waals surface area contributed by atoms with Crippen LogP contribution in [0.2, 0.25) is 0 Å². The Morgan fingerprint density at radius 2 is 2.09 bits per heavy atom. The van der Waals surface area contributed by atoms with Crippen molar-refractivity contribution >= 4 is 34.9 Å². The molecule has 0 unspecified atom stereocenters. The average molecular weight is 358 g/mol. The molecular weight excluding hydrogens is 336 g/mol. The van der Waals surface area contributed by atoms with Gasteiger partial charge in [-0.1, -0.05) is 16.9 Å². The Kier molecular flexibility index (Phi) is 6.64. The van der Waals surface area contributed by atoms with E-state index in [1.54, 1.807) is 6.92 Å². The van der Waals surface area contributed by atoms with Crippen LogP contribution in [0.25, 0.3) is 0 Å². The number of piperidine rings is 1. The largest absolute Gasteiger partial charge is 0.466 e. The molecule has 0 atom stereocenters. The number of ether oxygens (including phenoxy) is 1. The minimum Gasteiger partial charge on any atom is -0.466 e. The number of nitrogens with one attached hydrogen (secondary N) is 1. The fraction of sp³-hybridized carbons (Fsp3) is 0.714. The Bertz CT molecular complexity index is 542. The molecule has 1 aromatic heterocycles. The van der Waals surface area contributed by atoms with Gasteiger partial charge in [-0.15, -0.1) is 5.10 Å². The van der Waals surface area contributed by atoms with Gasteiger partial charge in [-0.25, -0.2) is 0 Å². The van der Waals surface area contributed by atoms with Crippen molar-refractivity contribution in [2.24, 2.45) is 0 Å². The van der Waals surface area contributed by atoms with Crippen LogP contribution in [-0.2, 0) is 9.59 Å². The Balaban J connectivity index is 1.69. The topological polar surface area (TPSA) is 84.4 Å². The first-order chi connectivity index (χ1) is 10.9. The molecule has 0 aliphatic carbocycles. The number of likely N-dealkylation sites (tertiary alicyclic amines) is 1. The predicted molar refractivity (Wildman–Crippen MR) is 89.8 cm³/mol. The lowest BCUT2D eigenvalue weighted by Gasteiger charge is -2.31. The number of carbonyl (C=O) groups is 2. The van der Waals surface area contributed by atoms with Crippen LogP contribution in [0.15, 0.2) is 4.34 Å². The quantitative estimate of drug-likeness (QED) is 0.777. The van der Waals surface area contributed by atoms with E-state index in [2.05, 4.69) is 15.5 Å². The number of hydrogen-bond acceptors (Lipinski definition) is 7. The molecule has 1 aromatic rings. The lowest BCUT2D eigenvalue weighted by molar-refractivity contribution is -0.130. The van der Waals surface area contributed by atoms with Crippen molar-refractivity contribution in [1.29, 1.82) is 0 Å². The molecule has 7 nitrogen and oxygen atoms in total. The summed E-state index contributed by atoms with van der Waals surface area (Å²) < 4.78 is 6.18. The molecule has 9 heteroatoms. The smallest absolute Gasteiger partial charge is 0.295 e. The fourth-order valence-corrected chi connectivity index (χ4v) is 3.86. The summed E-state index contributed by atoms with van der Waals surface area (Å²) in [6, 6.07) is 0.146. The first-order valence-corrected chi connectivity index (χ1v) is 9.42. The second-order valence-electron chi connectivity index (χ2n) is 5.64. The van der Waals surface area contributed by atoms with Gasteiger partial charge in [-0.3, -0.25) is 9.59 Å². The van der Waals surface area contributed by atoms with Crippen LogP contribution >= 0.6 is 23.1 Å². The molecule has 0 spiro atoms. The van der Waals surface area contributed by atoms with Crippen LogP contribution in [0.1, 0.15) is 33.6 Å². The van der Waals surface area contributed by atoms with Crippen molar-refractivity contribution in [2.75, 3.05) is 18.8 Å². The highest BCUT2D eigenvalue weighted by Crippen LogP contribution is 2.27. The number of thioether (sulfide) groups is 1. The van der Waals surface area contributed by atoms with E-state index >= 15 is 0 Å². The zero-order chi connectivity index (χ0) is 16.8. The van der Waals surface area contributed by atoms with E-state index in [9.17, 15) is 9.59 Å². The number of rotatable bonds is 6. The molecule has 2 amide bonds. The van der Waals surface area contributed by atoms with Crippen LogP contribution in [0.4, 0.5) is 0 Å². The van der Waals surface area contributed by atoms with Crippen molar-refractivity contribution in [3.05, 3.63) is 0 Å². The summed E-state index contributed by atoms with van der Waals surface area (Å²) in [6.45, 7) is 6.85. The van der Waals surface area contributed by atoms with Crippen molar-refractivity contribution in [1.82, 2.24) is 20.4 Å². The maximum Gasteiger partial charge on any atom is 0.295 e. The lowest BCUT2D eigenvalue weighted by atomic mass is 10.1. The molecule has 2 heterocycles. The maximum absolute atomic E-state index is 12.0. The molecule has 1 N–H and O–H groups in total. The second-order valence-corrected chi connectivity index (χ2v) is 7.80. The van der Waals surface area contributed by atoms with Crippen LogP contribution in [0, 0.1) is 0 Å². The third-order valence-electron chi connectivity index (χ3n) is 3.36. The van der Waals surface area contributed by atoms with Crippen molar-refractivity contribution in [3.63, 3.8) is 0 Å². The highest BCUT2D eigenvalue weighted by atomic mass is 32.2. The van der Waals surface area contributed by atoms with Gasteiger partial charge in [-0.05, 0) is 38.0 Å². The van der Waals surface area contributed by atoms with E-state index in [0.29, 0.717) is 24.0 Å². The summed E-state index contributed by atoms with van der Waals surface area (Å²) in [4.78, 5) is 25.1. The Morgan fingerprint density at radius 1 is 1.39 bits per heavy atom. The first-order valence-electron chi connectivity index (χ1n) is 7.62. The summed E-state index contributed by atoms with van der Waals surface area (Å²) in [5.41, 5.74) is 0. The van der Waals surface area contributed by atoms with E-state index in [1.807, 2.05) is 18.7 Å². The summed E-state index contributed by atoms with van der Waals surface area (Å²) in [5, 5.41) is 11.5. The van der Waals surface area contributed by atoms with E-state index < -0.39 is 0 Å². The molecule has 23 heavy (non-hydrogen) atoms. The van der Waals surface area contributed by atoms with Gasteiger partial charge < -0.3 is 15.0 Å². The molecule has 0 radical (unpaired) electrons. The number of carbonyl (C=O) groups excluding carboxylic acids is 2. The minimum absolute atomic E-state index is 0.0159. The van der Waals surface area contributed by atoms with Crippen LogP contribution in [0.5, 0.6) is 5.19 Å².